The predicted octanol–water partition coefficient (Wildman–Crippen LogP) is 2.64. The van der Waals surface area contributed by atoms with Crippen molar-refractivity contribution in [1.82, 2.24) is 9.80 Å². The second kappa shape index (κ2) is 7.34. The third-order valence-corrected chi connectivity index (χ3v) is 4.88. The van der Waals surface area contributed by atoms with E-state index in [9.17, 15) is 14.0 Å². The molecule has 0 spiro atoms. The summed E-state index contributed by atoms with van der Waals surface area (Å²) in [7, 11) is 0. The fourth-order valence-corrected chi connectivity index (χ4v) is 3.07. The number of hydrogen-bond acceptors (Lipinski definition) is 3. The molecule has 1 aliphatic rings. The van der Waals surface area contributed by atoms with Crippen molar-refractivity contribution in [3.8, 4) is 0 Å². The van der Waals surface area contributed by atoms with Gasteiger partial charge in [0.15, 0.2) is 0 Å². The second-order valence-electron chi connectivity index (χ2n) is 6.58. The number of carbonyl (C=O) groups is 2. The van der Waals surface area contributed by atoms with Crippen molar-refractivity contribution in [3.05, 3.63) is 35.6 Å². The number of thioether (sulfide) groups is 1. The Kier molecular flexibility index (Phi) is 5.68. The van der Waals surface area contributed by atoms with Crippen molar-refractivity contribution in [1.29, 1.82) is 0 Å². The van der Waals surface area contributed by atoms with Crippen molar-refractivity contribution in [2.45, 2.75) is 25.5 Å². The molecule has 1 fully saturated rings. The number of benzene rings is 1. The highest BCUT2D eigenvalue weighted by atomic mass is 32.2. The van der Waals surface area contributed by atoms with Crippen LogP contribution in [0.4, 0.5) is 4.39 Å². The van der Waals surface area contributed by atoms with Crippen molar-refractivity contribution in [3.63, 3.8) is 0 Å². The van der Waals surface area contributed by atoms with Crippen LogP contribution in [-0.4, -0.2) is 58.3 Å². The Morgan fingerprint density at radius 1 is 1.13 bits per heavy atom. The van der Waals surface area contributed by atoms with E-state index in [-0.39, 0.29) is 16.6 Å². The molecule has 0 aliphatic carbocycles. The van der Waals surface area contributed by atoms with Crippen LogP contribution in [0.1, 0.15) is 31.1 Å². The molecular weight excluding hydrogens is 315 g/mol. The summed E-state index contributed by atoms with van der Waals surface area (Å²) in [6.45, 7) is 8.29. The maximum atomic E-state index is 13.2. The molecule has 0 N–H and O–H groups in total. The molecule has 1 aromatic carbocycles. The Hall–Kier alpha value is -1.56. The highest BCUT2D eigenvalue weighted by molar-refractivity contribution is 8.01. The van der Waals surface area contributed by atoms with E-state index in [1.54, 1.807) is 27.6 Å². The molecule has 2 rings (SSSR count). The molecule has 0 unspecified atom stereocenters. The van der Waals surface area contributed by atoms with Gasteiger partial charge in [-0.3, -0.25) is 9.59 Å². The molecule has 1 aromatic rings. The van der Waals surface area contributed by atoms with Crippen LogP contribution in [-0.2, 0) is 4.79 Å². The van der Waals surface area contributed by atoms with Crippen LogP contribution in [0.15, 0.2) is 24.3 Å². The van der Waals surface area contributed by atoms with Crippen molar-refractivity contribution < 1.29 is 14.0 Å². The van der Waals surface area contributed by atoms with E-state index in [2.05, 4.69) is 20.8 Å². The summed E-state index contributed by atoms with van der Waals surface area (Å²) < 4.78 is 13.3. The highest BCUT2D eigenvalue weighted by Gasteiger charge is 2.25. The fourth-order valence-electron chi connectivity index (χ4n) is 2.33. The minimum atomic E-state index is -0.413. The van der Waals surface area contributed by atoms with Gasteiger partial charge >= 0.3 is 0 Å². The van der Waals surface area contributed by atoms with E-state index in [1.807, 2.05) is 0 Å². The molecule has 0 bridgehead atoms. The van der Waals surface area contributed by atoms with Crippen LogP contribution in [0, 0.1) is 5.82 Å². The molecule has 6 heteroatoms. The van der Waals surface area contributed by atoms with E-state index >= 15 is 0 Å². The predicted molar refractivity (Wildman–Crippen MR) is 91.1 cm³/mol. The first-order valence-electron chi connectivity index (χ1n) is 7.73. The third-order valence-electron chi connectivity index (χ3n) is 3.62. The quantitative estimate of drug-likeness (QED) is 0.851. The van der Waals surface area contributed by atoms with Gasteiger partial charge in [-0.1, -0.05) is 26.8 Å². The van der Waals surface area contributed by atoms with Gasteiger partial charge in [-0.05, 0) is 18.2 Å². The lowest BCUT2D eigenvalue weighted by molar-refractivity contribution is -0.129. The minimum Gasteiger partial charge on any atom is -0.338 e. The molecule has 1 aliphatic heterocycles. The van der Waals surface area contributed by atoms with Crippen molar-refractivity contribution >= 4 is 23.6 Å². The highest BCUT2D eigenvalue weighted by Crippen LogP contribution is 2.23. The normalized spacial score (nSPS) is 15.7. The zero-order valence-electron chi connectivity index (χ0n) is 13.8. The molecule has 4 nitrogen and oxygen atoms in total. The van der Waals surface area contributed by atoms with Crippen LogP contribution in [0.3, 0.4) is 0 Å². The lowest BCUT2D eigenvalue weighted by atomic mass is 10.1. The van der Waals surface area contributed by atoms with E-state index in [4.69, 9.17) is 0 Å². The van der Waals surface area contributed by atoms with Crippen LogP contribution >= 0.6 is 11.8 Å². The second-order valence-corrected chi connectivity index (χ2v) is 8.39. The zero-order valence-corrected chi connectivity index (χ0v) is 14.7. The van der Waals surface area contributed by atoms with Crippen molar-refractivity contribution in [2.75, 3.05) is 31.9 Å². The van der Waals surface area contributed by atoms with Gasteiger partial charge in [0, 0.05) is 36.5 Å². The van der Waals surface area contributed by atoms with E-state index < -0.39 is 5.82 Å². The summed E-state index contributed by atoms with van der Waals surface area (Å²) >= 11 is 1.63. The van der Waals surface area contributed by atoms with Crippen molar-refractivity contribution in [2.24, 2.45) is 0 Å². The molecule has 0 aromatic heterocycles. The summed E-state index contributed by atoms with van der Waals surface area (Å²) in [5.74, 6) is -0.0197. The molecule has 0 radical (unpaired) electrons. The number of amides is 2. The van der Waals surface area contributed by atoms with Gasteiger partial charge in [-0.25, -0.2) is 4.39 Å². The summed E-state index contributed by atoms with van der Waals surface area (Å²) in [4.78, 5) is 28.0. The van der Waals surface area contributed by atoms with Gasteiger partial charge in [-0.2, -0.15) is 0 Å². The maximum Gasteiger partial charge on any atom is 0.254 e. The SMILES string of the molecule is CC(C)(C)SCC(=O)N1CCN(C(=O)c2cccc(F)c2)CC1. The van der Waals surface area contributed by atoms with E-state index in [1.165, 1.54) is 18.2 Å². The van der Waals surface area contributed by atoms with Gasteiger partial charge in [0.2, 0.25) is 5.91 Å². The van der Waals surface area contributed by atoms with E-state index in [0.717, 1.165) is 0 Å². The molecule has 1 saturated heterocycles. The number of carbonyl (C=O) groups excluding carboxylic acids is 2. The Balaban J connectivity index is 1.86. The smallest absolute Gasteiger partial charge is 0.254 e. The molecule has 23 heavy (non-hydrogen) atoms. The lowest BCUT2D eigenvalue weighted by Crippen LogP contribution is -2.51. The molecule has 2 amide bonds. The topological polar surface area (TPSA) is 40.6 Å². The summed E-state index contributed by atoms with van der Waals surface area (Å²) in [5.41, 5.74) is 0.355. The minimum absolute atomic E-state index is 0.0603. The standard InChI is InChI=1S/C17H23FN2O2S/c1-17(2,3)23-12-15(21)19-7-9-20(10-8-19)16(22)13-5-4-6-14(18)11-13/h4-6,11H,7-10,12H2,1-3H3. The molecule has 1 heterocycles. The monoisotopic (exact) mass is 338 g/mol. The van der Waals surface area contributed by atoms with Gasteiger partial charge in [0.1, 0.15) is 5.82 Å². The summed E-state index contributed by atoms with van der Waals surface area (Å²) in [6, 6.07) is 5.72. The molecule has 126 valence electrons. The molecule has 0 atom stereocenters. The van der Waals surface area contributed by atoms with Gasteiger partial charge in [0.05, 0.1) is 5.75 Å². The van der Waals surface area contributed by atoms with Gasteiger partial charge in [-0.15, -0.1) is 11.8 Å². The van der Waals surface area contributed by atoms with Crippen LogP contribution < -0.4 is 0 Å². The number of rotatable bonds is 3. The first-order chi connectivity index (χ1) is 10.8. The maximum absolute atomic E-state index is 13.2. The van der Waals surface area contributed by atoms with Crippen LogP contribution in [0.25, 0.3) is 0 Å². The van der Waals surface area contributed by atoms with E-state index in [0.29, 0.717) is 37.5 Å². The Morgan fingerprint density at radius 3 is 2.30 bits per heavy atom. The largest absolute Gasteiger partial charge is 0.338 e. The average Bonchev–Trinajstić information content (AvgIpc) is 2.51. The number of halogens is 1. The number of piperazine rings is 1. The van der Waals surface area contributed by atoms with Crippen LogP contribution in [0.2, 0.25) is 0 Å². The first kappa shape index (κ1) is 17.8. The van der Waals surface area contributed by atoms with Gasteiger partial charge < -0.3 is 9.80 Å². The van der Waals surface area contributed by atoms with Crippen LogP contribution in [0.5, 0.6) is 0 Å². The lowest BCUT2D eigenvalue weighted by Gasteiger charge is -2.35. The number of hydrogen-bond donors (Lipinski definition) is 0. The third kappa shape index (κ3) is 5.23. The summed E-state index contributed by atoms with van der Waals surface area (Å²) in [5, 5.41) is 0. The summed E-state index contributed by atoms with van der Waals surface area (Å²) in [6.07, 6.45) is 0. The Bertz CT molecular complexity index is 578. The first-order valence-corrected chi connectivity index (χ1v) is 8.71. The zero-order chi connectivity index (χ0) is 17.0. The van der Waals surface area contributed by atoms with Gasteiger partial charge in [0.25, 0.3) is 5.91 Å². The molecule has 0 saturated carbocycles. The average molecular weight is 338 g/mol. The number of nitrogens with zero attached hydrogens (tertiary/aromatic N) is 2. The Labute approximate surface area is 141 Å². The fraction of sp³-hybridized carbons (Fsp3) is 0.529. The molecular formula is C17H23FN2O2S. The Morgan fingerprint density at radius 2 is 1.74 bits per heavy atom.